The van der Waals surface area contributed by atoms with Crippen molar-refractivity contribution in [2.45, 2.75) is 12.1 Å². The summed E-state index contributed by atoms with van der Waals surface area (Å²) in [5, 5.41) is 3.56. The third-order valence-electron chi connectivity index (χ3n) is 3.81. The standard InChI is InChI=1S/C20H19N3O3S/c1-3-21-18(24)14-7-9-17(10-8-14)26-19(25)15-5-4-6-16(13-15)23-12-11-22-20(23)27-2/h4-13H,3H2,1-2H3,(H,21,24). The maximum absolute atomic E-state index is 12.5. The minimum Gasteiger partial charge on any atom is -0.423 e. The minimum atomic E-state index is -0.464. The van der Waals surface area contributed by atoms with Gasteiger partial charge in [-0.3, -0.25) is 9.36 Å². The summed E-state index contributed by atoms with van der Waals surface area (Å²) in [7, 11) is 0. The molecule has 0 saturated heterocycles. The summed E-state index contributed by atoms with van der Waals surface area (Å²) in [5.41, 5.74) is 1.78. The highest BCUT2D eigenvalue weighted by molar-refractivity contribution is 7.98. The fourth-order valence-corrected chi connectivity index (χ4v) is 3.05. The lowest BCUT2D eigenvalue weighted by Gasteiger charge is -2.09. The average Bonchev–Trinajstić information content (AvgIpc) is 3.17. The van der Waals surface area contributed by atoms with Crippen LogP contribution in [0.25, 0.3) is 5.69 Å². The summed E-state index contributed by atoms with van der Waals surface area (Å²) in [6.07, 6.45) is 5.50. The number of rotatable bonds is 6. The third-order valence-corrected chi connectivity index (χ3v) is 4.48. The van der Waals surface area contributed by atoms with Crippen LogP contribution in [0, 0.1) is 0 Å². The first-order valence-corrected chi connectivity index (χ1v) is 9.63. The van der Waals surface area contributed by atoms with Crippen molar-refractivity contribution in [3.05, 3.63) is 72.1 Å². The van der Waals surface area contributed by atoms with Gasteiger partial charge >= 0.3 is 5.97 Å². The van der Waals surface area contributed by atoms with Crippen LogP contribution in [0.5, 0.6) is 5.75 Å². The lowest BCUT2D eigenvalue weighted by molar-refractivity contribution is 0.0734. The Labute approximate surface area is 161 Å². The number of imidazole rings is 1. The number of nitrogens with zero attached hydrogens (tertiary/aromatic N) is 2. The molecule has 2 aromatic carbocycles. The molecule has 138 valence electrons. The highest BCUT2D eigenvalue weighted by Gasteiger charge is 2.12. The molecular formula is C20H19N3O3S. The van der Waals surface area contributed by atoms with Crippen LogP contribution in [0.1, 0.15) is 27.6 Å². The molecule has 27 heavy (non-hydrogen) atoms. The average molecular weight is 381 g/mol. The number of carbonyl (C=O) groups is 2. The van der Waals surface area contributed by atoms with E-state index in [9.17, 15) is 9.59 Å². The van der Waals surface area contributed by atoms with Crippen LogP contribution in [0.2, 0.25) is 0 Å². The Morgan fingerprint density at radius 2 is 1.93 bits per heavy atom. The molecule has 0 spiro atoms. The van der Waals surface area contributed by atoms with E-state index in [0.717, 1.165) is 10.8 Å². The molecule has 3 aromatic rings. The molecule has 0 aliphatic carbocycles. The molecular weight excluding hydrogens is 362 g/mol. The maximum Gasteiger partial charge on any atom is 0.343 e. The van der Waals surface area contributed by atoms with Crippen LogP contribution >= 0.6 is 11.8 Å². The lowest BCUT2D eigenvalue weighted by atomic mass is 10.2. The van der Waals surface area contributed by atoms with Crippen molar-refractivity contribution in [2.75, 3.05) is 12.8 Å². The van der Waals surface area contributed by atoms with E-state index in [-0.39, 0.29) is 5.91 Å². The molecule has 1 aromatic heterocycles. The van der Waals surface area contributed by atoms with Crippen LogP contribution in [0.4, 0.5) is 0 Å². The summed E-state index contributed by atoms with van der Waals surface area (Å²) >= 11 is 1.52. The van der Waals surface area contributed by atoms with Gasteiger partial charge in [0.25, 0.3) is 5.91 Å². The van der Waals surface area contributed by atoms with E-state index >= 15 is 0 Å². The molecule has 1 N–H and O–H groups in total. The quantitative estimate of drug-likeness (QED) is 0.401. The summed E-state index contributed by atoms with van der Waals surface area (Å²) in [4.78, 5) is 28.5. The highest BCUT2D eigenvalue weighted by atomic mass is 32.2. The molecule has 3 rings (SSSR count). The number of benzene rings is 2. The van der Waals surface area contributed by atoms with Crippen molar-refractivity contribution < 1.29 is 14.3 Å². The molecule has 0 fully saturated rings. The summed E-state index contributed by atoms with van der Waals surface area (Å²) in [6.45, 7) is 2.41. The van der Waals surface area contributed by atoms with Gasteiger partial charge in [0.05, 0.1) is 5.56 Å². The first-order valence-electron chi connectivity index (χ1n) is 8.40. The highest BCUT2D eigenvalue weighted by Crippen LogP contribution is 2.20. The van der Waals surface area contributed by atoms with Gasteiger partial charge in [0, 0.05) is 30.2 Å². The van der Waals surface area contributed by atoms with Gasteiger partial charge in [-0.15, -0.1) is 0 Å². The van der Waals surface area contributed by atoms with Crippen LogP contribution < -0.4 is 10.1 Å². The summed E-state index contributed by atoms with van der Waals surface area (Å²) in [5.74, 6) is -0.243. The number of thioether (sulfide) groups is 1. The predicted molar refractivity (Wildman–Crippen MR) is 105 cm³/mol. The number of esters is 1. The van der Waals surface area contributed by atoms with Crippen LogP contribution in [-0.2, 0) is 0 Å². The van der Waals surface area contributed by atoms with Crippen molar-refractivity contribution in [3.8, 4) is 11.4 Å². The van der Waals surface area contributed by atoms with Gasteiger partial charge in [0.2, 0.25) is 0 Å². The van der Waals surface area contributed by atoms with Gasteiger partial charge in [0.1, 0.15) is 5.75 Å². The number of nitrogens with one attached hydrogen (secondary N) is 1. The van der Waals surface area contributed by atoms with Crippen molar-refractivity contribution in [3.63, 3.8) is 0 Å². The topological polar surface area (TPSA) is 73.2 Å². The molecule has 0 saturated carbocycles. The number of aromatic nitrogens is 2. The third kappa shape index (κ3) is 4.38. The SMILES string of the molecule is CCNC(=O)c1ccc(OC(=O)c2cccc(-n3ccnc3SC)c2)cc1. The van der Waals surface area contributed by atoms with E-state index in [1.54, 1.807) is 48.7 Å². The largest absolute Gasteiger partial charge is 0.423 e. The van der Waals surface area contributed by atoms with Crippen molar-refractivity contribution >= 4 is 23.6 Å². The number of hydrogen-bond acceptors (Lipinski definition) is 5. The van der Waals surface area contributed by atoms with Gasteiger partial charge in [-0.25, -0.2) is 9.78 Å². The van der Waals surface area contributed by atoms with E-state index in [4.69, 9.17) is 4.74 Å². The van der Waals surface area contributed by atoms with Gasteiger partial charge < -0.3 is 10.1 Å². The van der Waals surface area contributed by atoms with E-state index in [1.807, 2.05) is 30.0 Å². The molecule has 1 amide bonds. The fourth-order valence-electron chi connectivity index (χ4n) is 2.52. The second-order valence-corrected chi connectivity index (χ2v) is 6.38. The van der Waals surface area contributed by atoms with Crippen LogP contribution in [-0.4, -0.2) is 34.2 Å². The molecule has 0 unspecified atom stereocenters. The molecule has 7 heteroatoms. The molecule has 0 radical (unpaired) electrons. The Hall–Kier alpha value is -3.06. The fraction of sp³-hybridized carbons (Fsp3) is 0.150. The van der Waals surface area contributed by atoms with Crippen molar-refractivity contribution in [1.29, 1.82) is 0 Å². The molecule has 0 aliphatic heterocycles. The first kappa shape index (κ1) is 18.7. The number of carbonyl (C=O) groups excluding carboxylic acids is 2. The second kappa shape index (κ2) is 8.55. The molecule has 6 nitrogen and oxygen atoms in total. The molecule has 0 atom stereocenters. The summed E-state index contributed by atoms with van der Waals surface area (Å²) in [6, 6.07) is 13.6. The number of ether oxygens (including phenoxy) is 1. The van der Waals surface area contributed by atoms with Gasteiger partial charge in [0.15, 0.2) is 5.16 Å². The molecule has 0 bridgehead atoms. The number of amides is 1. The van der Waals surface area contributed by atoms with E-state index < -0.39 is 5.97 Å². The Morgan fingerprint density at radius 3 is 2.63 bits per heavy atom. The van der Waals surface area contributed by atoms with Crippen molar-refractivity contribution in [2.24, 2.45) is 0 Å². The number of hydrogen-bond donors (Lipinski definition) is 1. The normalized spacial score (nSPS) is 10.4. The Bertz CT molecular complexity index is 951. The van der Waals surface area contributed by atoms with E-state index in [0.29, 0.717) is 23.4 Å². The minimum absolute atomic E-state index is 0.159. The zero-order valence-corrected chi connectivity index (χ0v) is 15.8. The van der Waals surface area contributed by atoms with Gasteiger partial charge in [-0.1, -0.05) is 17.8 Å². The lowest BCUT2D eigenvalue weighted by Crippen LogP contribution is -2.22. The van der Waals surface area contributed by atoms with E-state index in [2.05, 4.69) is 10.3 Å². The monoisotopic (exact) mass is 381 g/mol. The predicted octanol–water partition coefficient (Wildman–Crippen LogP) is 3.56. The molecule has 1 heterocycles. The van der Waals surface area contributed by atoms with Gasteiger partial charge in [-0.05, 0) is 55.6 Å². The Morgan fingerprint density at radius 1 is 1.15 bits per heavy atom. The maximum atomic E-state index is 12.5. The molecule has 0 aliphatic rings. The Balaban J connectivity index is 1.75. The zero-order valence-electron chi connectivity index (χ0n) is 15.0. The van der Waals surface area contributed by atoms with Gasteiger partial charge in [-0.2, -0.15) is 0 Å². The van der Waals surface area contributed by atoms with Crippen LogP contribution in [0.15, 0.2) is 66.1 Å². The van der Waals surface area contributed by atoms with Crippen molar-refractivity contribution in [1.82, 2.24) is 14.9 Å². The summed E-state index contributed by atoms with van der Waals surface area (Å²) < 4.78 is 7.33. The van der Waals surface area contributed by atoms with Crippen LogP contribution in [0.3, 0.4) is 0 Å². The smallest absolute Gasteiger partial charge is 0.343 e. The zero-order chi connectivity index (χ0) is 19.2. The second-order valence-electron chi connectivity index (χ2n) is 5.61. The van der Waals surface area contributed by atoms with E-state index in [1.165, 1.54) is 11.8 Å². The Kier molecular flexibility index (Phi) is 5.93. The first-order chi connectivity index (χ1) is 13.1.